The number of rotatable bonds is 3. The molecule has 0 spiro atoms. The van der Waals surface area contributed by atoms with Gasteiger partial charge in [0.2, 0.25) is 0 Å². The van der Waals surface area contributed by atoms with Crippen molar-refractivity contribution in [1.82, 2.24) is 10.2 Å². The second-order valence-corrected chi connectivity index (χ2v) is 6.05. The zero-order valence-corrected chi connectivity index (χ0v) is 12.9. The average molecular weight is 260 g/mol. The number of hydrogen-bond donors (Lipinski definition) is 1. The molecule has 0 bridgehead atoms. The molecule has 0 saturated carbocycles. The maximum atomic E-state index is 3.66. The third-order valence-electron chi connectivity index (χ3n) is 4.52. The molecule has 0 aliphatic carbocycles. The second kappa shape index (κ2) is 6.53. The van der Waals surface area contributed by atoms with Crippen LogP contribution in [0.2, 0.25) is 0 Å². The predicted octanol–water partition coefficient (Wildman–Crippen LogP) is 3.27. The maximum Gasteiger partial charge on any atom is 0.0237 e. The molecule has 2 heteroatoms. The van der Waals surface area contributed by atoms with Gasteiger partial charge >= 0.3 is 0 Å². The SMILES string of the molecule is CCC1CN(Cc2ccc(C)c(C)c2)C(C)CCN1. The summed E-state index contributed by atoms with van der Waals surface area (Å²) in [4.78, 5) is 2.64. The molecule has 1 aliphatic rings. The first-order valence-electron chi connectivity index (χ1n) is 7.63. The van der Waals surface area contributed by atoms with Gasteiger partial charge in [-0.3, -0.25) is 4.90 Å². The maximum absolute atomic E-state index is 3.66. The largest absolute Gasteiger partial charge is 0.313 e. The Morgan fingerprint density at radius 3 is 2.74 bits per heavy atom. The molecule has 2 nitrogen and oxygen atoms in total. The molecule has 2 rings (SSSR count). The Hall–Kier alpha value is -0.860. The number of nitrogens with zero attached hydrogens (tertiary/aromatic N) is 1. The Labute approximate surface area is 118 Å². The summed E-state index contributed by atoms with van der Waals surface area (Å²) in [5, 5.41) is 3.66. The molecule has 1 aromatic rings. The van der Waals surface area contributed by atoms with Crippen LogP contribution in [0.1, 0.15) is 43.4 Å². The predicted molar refractivity (Wildman–Crippen MR) is 82.5 cm³/mol. The van der Waals surface area contributed by atoms with Gasteiger partial charge in [-0.2, -0.15) is 0 Å². The Bertz CT molecular complexity index is 414. The standard InChI is InChI=1S/C17H28N2/c1-5-17-12-19(15(4)8-9-18-17)11-16-7-6-13(2)14(3)10-16/h6-7,10,15,17-18H,5,8-9,11-12H2,1-4H3. The van der Waals surface area contributed by atoms with Crippen LogP contribution in [0.25, 0.3) is 0 Å². The first-order valence-corrected chi connectivity index (χ1v) is 7.63. The zero-order valence-electron chi connectivity index (χ0n) is 12.9. The van der Waals surface area contributed by atoms with Crippen LogP contribution >= 0.6 is 0 Å². The van der Waals surface area contributed by atoms with Crippen molar-refractivity contribution in [2.75, 3.05) is 13.1 Å². The van der Waals surface area contributed by atoms with E-state index in [4.69, 9.17) is 0 Å². The van der Waals surface area contributed by atoms with Gasteiger partial charge in [0.1, 0.15) is 0 Å². The summed E-state index contributed by atoms with van der Waals surface area (Å²) >= 11 is 0. The number of benzene rings is 1. The van der Waals surface area contributed by atoms with E-state index < -0.39 is 0 Å². The molecule has 19 heavy (non-hydrogen) atoms. The van der Waals surface area contributed by atoms with Gasteiger partial charge in [0.15, 0.2) is 0 Å². The summed E-state index contributed by atoms with van der Waals surface area (Å²) in [6.07, 6.45) is 2.47. The zero-order chi connectivity index (χ0) is 13.8. The minimum atomic E-state index is 0.650. The minimum absolute atomic E-state index is 0.650. The van der Waals surface area contributed by atoms with Gasteiger partial charge in [0.05, 0.1) is 0 Å². The lowest BCUT2D eigenvalue weighted by atomic mass is 10.0. The van der Waals surface area contributed by atoms with Crippen molar-refractivity contribution < 1.29 is 0 Å². The third kappa shape index (κ3) is 3.80. The highest BCUT2D eigenvalue weighted by Crippen LogP contribution is 2.17. The Balaban J connectivity index is 2.08. The molecule has 1 aliphatic heterocycles. The molecule has 1 aromatic carbocycles. The molecule has 1 heterocycles. The van der Waals surface area contributed by atoms with Crippen molar-refractivity contribution in [1.29, 1.82) is 0 Å². The molecule has 2 unspecified atom stereocenters. The molecule has 1 fully saturated rings. The smallest absolute Gasteiger partial charge is 0.0237 e. The van der Waals surface area contributed by atoms with E-state index in [1.807, 2.05) is 0 Å². The summed E-state index contributed by atoms with van der Waals surface area (Å²) < 4.78 is 0. The Kier molecular flexibility index (Phi) is 5.00. The fourth-order valence-corrected chi connectivity index (χ4v) is 2.84. The Morgan fingerprint density at radius 1 is 1.26 bits per heavy atom. The molecular formula is C17H28N2. The van der Waals surface area contributed by atoms with E-state index in [0.717, 1.165) is 13.1 Å². The van der Waals surface area contributed by atoms with Crippen molar-refractivity contribution in [2.45, 2.75) is 59.2 Å². The number of hydrogen-bond acceptors (Lipinski definition) is 2. The van der Waals surface area contributed by atoms with Crippen molar-refractivity contribution in [3.63, 3.8) is 0 Å². The molecule has 1 saturated heterocycles. The van der Waals surface area contributed by atoms with Crippen LogP contribution in [0, 0.1) is 13.8 Å². The summed E-state index contributed by atoms with van der Waals surface area (Å²) in [5.41, 5.74) is 4.25. The Morgan fingerprint density at radius 2 is 2.05 bits per heavy atom. The van der Waals surface area contributed by atoms with Crippen LogP contribution in [-0.2, 0) is 6.54 Å². The summed E-state index contributed by atoms with van der Waals surface area (Å²) in [7, 11) is 0. The molecule has 0 amide bonds. The van der Waals surface area contributed by atoms with E-state index in [0.29, 0.717) is 12.1 Å². The van der Waals surface area contributed by atoms with E-state index in [9.17, 15) is 0 Å². The van der Waals surface area contributed by atoms with Crippen molar-refractivity contribution in [3.05, 3.63) is 34.9 Å². The quantitative estimate of drug-likeness (QED) is 0.897. The van der Waals surface area contributed by atoms with Gasteiger partial charge < -0.3 is 5.32 Å². The molecule has 2 atom stereocenters. The topological polar surface area (TPSA) is 15.3 Å². The summed E-state index contributed by atoms with van der Waals surface area (Å²) in [6, 6.07) is 8.21. The lowest BCUT2D eigenvalue weighted by molar-refractivity contribution is 0.194. The van der Waals surface area contributed by atoms with Gasteiger partial charge in [0, 0.05) is 25.2 Å². The minimum Gasteiger partial charge on any atom is -0.313 e. The van der Waals surface area contributed by atoms with Crippen molar-refractivity contribution in [3.8, 4) is 0 Å². The van der Waals surface area contributed by atoms with Gasteiger partial charge in [-0.15, -0.1) is 0 Å². The van der Waals surface area contributed by atoms with Crippen LogP contribution in [-0.4, -0.2) is 30.1 Å². The van der Waals surface area contributed by atoms with Crippen LogP contribution < -0.4 is 5.32 Å². The summed E-state index contributed by atoms with van der Waals surface area (Å²) in [6.45, 7) is 12.4. The highest BCUT2D eigenvalue weighted by molar-refractivity contribution is 5.29. The fraction of sp³-hybridized carbons (Fsp3) is 0.647. The van der Waals surface area contributed by atoms with E-state index >= 15 is 0 Å². The van der Waals surface area contributed by atoms with Crippen LogP contribution in [0.5, 0.6) is 0 Å². The van der Waals surface area contributed by atoms with Crippen LogP contribution in [0.3, 0.4) is 0 Å². The molecule has 0 radical (unpaired) electrons. The average Bonchev–Trinajstić information content (AvgIpc) is 2.56. The number of nitrogens with one attached hydrogen (secondary N) is 1. The van der Waals surface area contributed by atoms with Crippen LogP contribution in [0.15, 0.2) is 18.2 Å². The van der Waals surface area contributed by atoms with Crippen molar-refractivity contribution >= 4 is 0 Å². The first kappa shape index (κ1) is 14.5. The van der Waals surface area contributed by atoms with E-state index in [-0.39, 0.29) is 0 Å². The monoisotopic (exact) mass is 260 g/mol. The molecule has 1 N–H and O–H groups in total. The van der Waals surface area contributed by atoms with E-state index in [1.54, 1.807) is 0 Å². The van der Waals surface area contributed by atoms with Gasteiger partial charge in [0.25, 0.3) is 0 Å². The highest BCUT2D eigenvalue weighted by Gasteiger charge is 2.21. The molecule has 0 aromatic heterocycles. The first-order chi connectivity index (χ1) is 9.10. The van der Waals surface area contributed by atoms with Crippen molar-refractivity contribution in [2.24, 2.45) is 0 Å². The fourth-order valence-electron chi connectivity index (χ4n) is 2.84. The van der Waals surface area contributed by atoms with Crippen LogP contribution in [0.4, 0.5) is 0 Å². The lowest BCUT2D eigenvalue weighted by Gasteiger charge is -2.29. The second-order valence-electron chi connectivity index (χ2n) is 6.05. The van der Waals surface area contributed by atoms with Gasteiger partial charge in [-0.1, -0.05) is 25.1 Å². The van der Waals surface area contributed by atoms with E-state index in [2.05, 4.69) is 56.1 Å². The molecule has 106 valence electrons. The van der Waals surface area contributed by atoms with Gasteiger partial charge in [-0.05, 0) is 56.8 Å². The lowest BCUT2D eigenvalue weighted by Crippen LogP contribution is -2.39. The van der Waals surface area contributed by atoms with E-state index in [1.165, 1.54) is 36.1 Å². The normalized spacial score (nSPS) is 25.3. The van der Waals surface area contributed by atoms with Gasteiger partial charge in [-0.25, -0.2) is 0 Å². The third-order valence-corrected chi connectivity index (χ3v) is 4.52. The highest BCUT2D eigenvalue weighted by atomic mass is 15.2. The molecular weight excluding hydrogens is 232 g/mol. The number of aryl methyl sites for hydroxylation is 2. The summed E-state index contributed by atoms with van der Waals surface area (Å²) in [5.74, 6) is 0.